The van der Waals surface area contributed by atoms with Crippen molar-refractivity contribution < 1.29 is 23.9 Å². The van der Waals surface area contributed by atoms with E-state index in [4.69, 9.17) is 16.3 Å². The van der Waals surface area contributed by atoms with Crippen molar-refractivity contribution in [2.75, 3.05) is 11.9 Å². The first kappa shape index (κ1) is 27.0. The summed E-state index contributed by atoms with van der Waals surface area (Å²) in [5, 5.41) is 2.88. The molecule has 1 unspecified atom stereocenters. The summed E-state index contributed by atoms with van der Waals surface area (Å²) in [6, 6.07) is 4.52. The number of carbonyl (C=O) groups excluding carboxylic acids is 4. The smallest absolute Gasteiger partial charge is 0.338 e. The van der Waals surface area contributed by atoms with Crippen LogP contribution in [-0.4, -0.2) is 30.0 Å². The zero-order valence-electron chi connectivity index (χ0n) is 19.6. The molecule has 0 radical (unpaired) electrons. The summed E-state index contributed by atoms with van der Waals surface area (Å²) in [6.45, 7) is 2.58. The van der Waals surface area contributed by atoms with Crippen LogP contribution >= 0.6 is 11.6 Å². The molecule has 2 rings (SSSR count). The van der Waals surface area contributed by atoms with E-state index in [-0.39, 0.29) is 47.1 Å². The fourth-order valence-electron chi connectivity index (χ4n) is 3.96. The van der Waals surface area contributed by atoms with E-state index in [1.165, 1.54) is 57.1 Å². The van der Waals surface area contributed by atoms with Crippen molar-refractivity contribution in [2.45, 2.75) is 90.4 Å². The molecule has 0 aromatic heterocycles. The minimum atomic E-state index is -0.870. The first-order chi connectivity index (χ1) is 15.9. The van der Waals surface area contributed by atoms with Crippen molar-refractivity contribution in [1.29, 1.82) is 0 Å². The lowest BCUT2D eigenvalue weighted by molar-refractivity contribution is -0.136. The summed E-state index contributed by atoms with van der Waals surface area (Å²) in [6.07, 6.45) is 12.2. The third kappa shape index (κ3) is 9.66. The summed E-state index contributed by atoms with van der Waals surface area (Å²) in [5.74, 6) is -2.38. The van der Waals surface area contributed by atoms with Crippen LogP contribution in [0.2, 0.25) is 5.02 Å². The van der Waals surface area contributed by atoms with E-state index in [1.54, 1.807) is 6.07 Å². The van der Waals surface area contributed by atoms with Gasteiger partial charge in [0.15, 0.2) is 5.78 Å². The van der Waals surface area contributed by atoms with Crippen molar-refractivity contribution in [1.82, 2.24) is 0 Å². The maximum Gasteiger partial charge on any atom is 0.338 e. The minimum Gasteiger partial charge on any atom is -0.462 e. The predicted octanol–water partition coefficient (Wildman–Crippen LogP) is 6.29. The number of ketones is 2. The molecule has 1 aliphatic carbocycles. The number of ether oxygens (including phenoxy) is 1. The number of Topliss-reactive ketones (excluding diaryl/α,β-unsaturated/α-hetero) is 2. The third-order valence-electron chi connectivity index (χ3n) is 5.98. The Morgan fingerprint density at radius 1 is 1.00 bits per heavy atom. The lowest BCUT2D eigenvalue weighted by Gasteiger charge is -2.19. The standard InChI is InChI=1S/C26H36ClNO5/c1-2-3-4-5-6-7-8-9-10-11-16-33-26(32)19-12-15-22(27)23(17-19)28-25(31)21-14-13-20(29)18-24(21)30/h12,15,17,21H,2-11,13-14,16,18H2,1H3,(H,28,31). The fraction of sp³-hybridized carbons (Fsp3) is 0.615. The number of benzene rings is 1. The van der Waals surface area contributed by atoms with Crippen molar-refractivity contribution >= 4 is 40.7 Å². The Bertz CT molecular complexity index is 823. The van der Waals surface area contributed by atoms with Gasteiger partial charge in [-0.15, -0.1) is 0 Å². The molecule has 0 aliphatic heterocycles. The van der Waals surface area contributed by atoms with Gasteiger partial charge in [0.05, 0.1) is 35.2 Å². The molecule has 1 fully saturated rings. The number of hydrogen-bond acceptors (Lipinski definition) is 5. The Morgan fingerprint density at radius 3 is 2.27 bits per heavy atom. The molecule has 1 amide bonds. The van der Waals surface area contributed by atoms with Gasteiger partial charge in [-0.05, 0) is 31.0 Å². The Hall–Kier alpha value is -2.21. The first-order valence-corrected chi connectivity index (χ1v) is 12.6. The zero-order valence-corrected chi connectivity index (χ0v) is 20.4. The van der Waals surface area contributed by atoms with Crippen molar-refractivity contribution in [2.24, 2.45) is 5.92 Å². The molecule has 6 nitrogen and oxygen atoms in total. The summed E-state index contributed by atoms with van der Waals surface area (Å²) < 4.78 is 5.36. The molecule has 1 saturated carbocycles. The molecular weight excluding hydrogens is 442 g/mol. The van der Waals surface area contributed by atoms with Gasteiger partial charge in [-0.3, -0.25) is 14.4 Å². The van der Waals surface area contributed by atoms with E-state index in [9.17, 15) is 19.2 Å². The molecule has 1 atom stereocenters. The highest BCUT2D eigenvalue weighted by molar-refractivity contribution is 6.34. The maximum absolute atomic E-state index is 12.5. The number of rotatable bonds is 14. The molecule has 182 valence electrons. The first-order valence-electron chi connectivity index (χ1n) is 12.2. The molecule has 0 bridgehead atoms. The van der Waals surface area contributed by atoms with Crippen LogP contribution in [0.25, 0.3) is 0 Å². The summed E-state index contributed by atoms with van der Waals surface area (Å²) in [4.78, 5) is 48.2. The number of carbonyl (C=O) groups is 4. The number of amides is 1. The van der Waals surface area contributed by atoms with E-state index in [0.29, 0.717) is 6.61 Å². The van der Waals surface area contributed by atoms with E-state index >= 15 is 0 Å². The maximum atomic E-state index is 12.5. The van der Waals surface area contributed by atoms with Crippen LogP contribution in [0.1, 0.15) is 101 Å². The number of halogens is 1. The van der Waals surface area contributed by atoms with Gasteiger partial charge in [0.25, 0.3) is 0 Å². The van der Waals surface area contributed by atoms with Crippen LogP contribution in [0.15, 0.2) is 18.2 Å². The largest absolute Gasteiger partial charge is 0.462 e. The molecule has 1 N–H and O–H groups in total. The lowest BCUT2D eigenvalue weighted by atomic mass is 9.86. The van der Waals surface area contributed by atoms with E-state index < -0.39 is 17.8 Å². The average Bonchev–Trinajstić information content (AvgIpc) is 2.78. The Morgan fingerprint density at radius 2 is 1.64 bits per heavy atom. The summed E-state index contributed by atoms with van der Waals surface area (Å²) in [7, 11) is 0. The van der Waals surface area contributed by atoms with Crippen LogP contribution in [0.3, 0.4) is 0 Å². The lowest BCUT2D eigenvalue weighted by Crippen LogP contribution is -2.34. The topological polar surface area (TPSA) is 89.5 Å². The van der Waals surface area contributed by atoms with Gasteiger partial charge >= 0.3 is 5.97 Å². The number of esters is 1. The zero-order chi connectivity index (χ0) is 24.1. The molecule has 33 heavy (non-hydrogen) atoms. The molecule has 0 saturated heterocycles. The fourth-order valence-corrected chi connectivity index (χ4v) is 4.12. The second kappa shape index (κ2) is 14.8. The molecule has 0 heterocycles. The minimum absolute atomic E-state index is 0.144. The SMILES string of the molecule is CCCCCCCCCCCCOC(=O)c1ccc(Cl)c(NC(=O)C2CCC(=O)CC2=O)c1. The highest BCUT2D eigenvalue weighted by Crippen LogP contribution is 2.26. The summed E-state index contributed by atoms with van der Waals surface area (Å²) in [5.41, 5.74) is 0.534. The van der Waals surface area contributed by atoms with Crippen molar-refractivity contribution in [3.63, 3.8) is 0 Å². The van der Waals surface area contributed by atoms with Gasteiger partial charge in [0.2, 0.25) is 5.91 Å². The molecule has 1 aromatic carbocycles. The van der Waals surface area contributed by atoms with Gasteiger partial charge < -0.3 is 10.1 Å². The third-order valence-corrected chi connectivity index (χ3v) is 6.31. The van der Waals surface area contributed by atoms with Gasteiger partial charge in [0, 0.05) is 6.42 Å². The molecule has 1 aromatic rings. The molecule has 7 heteroatoms. The van der Waals surface area contributed by atoms with E-state index in [1.807, 2.05) is 0 Å². The highest BCUT2D eigenvalue weighted by atomic mass is 35.5. The number of unbranched alkanes of at least 4 members (excludes halogenated alkanes) is 9. The van der Waals surface area contributed by atoms with Crippen molar-refractivity contribution in [3.05, 3.63) is 28.8 Å². The molecule has 0 spiro atoms. The van der Waals surface area contributed by atoms with Gasteiger partial charge in [-0.2, -0.15) is 0 Å². The molecule has 1 aliphatic rings. The predicted molar refractivity (Wildman–Crippen MR) is 130 cm³/mol. The van der Waals surface area contributed by atoms with Crippen LogP contribution in [0.5, 0.6) is 0 Å². The number of anilines is 1. The molecular formula is C26H36ClNO5. The Balaban J connectivity index is 1.71. The second-order valence-electron chi connectivity index (χ2n) is 8.77. The number of nitrogens with one attached hydrogen (secondary N) is 1. The van der Waals surface area contributed by atoms with Gasteiger partial charge in [0.1, 0.15) is 5.78 Å². The monoisotopic (exact) mass is 477 g/mol. The highest BCUT2D eigenvalue weighted by Gasteiger charge is 2.32. The van der Waals surface area contributed by atoms with Crippen molar-refractivity contribution in [3.8, 4) is 0 Å². The number of hydrogen-bond donors (Lipinski definition) is 1. The van der Waals surface area contributed by atoms with Crippen LogP contribution in [-0.2, 0) is 19.1 Å². The summed E-state index contributed by atoms with van der Waals surface area (Å²) >= 11 is 6.16. The van der Waals surface area contributed by atoms with Crippen LogP contribution in [0, 0.1) is 5.92 Å². The van der Waals surface area contributed by atoms with Crippen LogP contribution < -0.4 is 5.32 Å². The average molecular weight is 478 g/mol. The van der Waals surface area contributed by atoms with Gasteiger partial charge in [-0.25, -0.2) is 4.79 Å². The second-order valence-corrected chi connectivity index (χ2v) is 9.18. The van der Waals surface area contributed by atoms with Gasteiger partial charge in [-0.1, -0.05) is 76.3 Å². The normalized spacial score (nSPS) is 16.0. The quantitative estimate of drug-likeness (QED) is 0.193. The van der Waals surface area contributed by atoms with Crippen LogP contribution in [0.4, 0.5) is 5.69 Å². The Kier molecular flexibility index (Phi) is 12.2. The van der Waals surface area contributed by atoms with E-state index in [0.717, 1.165) is 19.3 Å². The van der Waals surface area contributed by atoms with E-state index in [2.05, 4.69) is 12.2 Å². The Labute approximate surface area is 201 Å².